The summed E-state index contributed by atoms with van der Waals surface area (Å²) < 4.78 is 24.6. The normalized spacial score (nSPS) is 15.9. The first-order valence-electron chi connectivity index (χ1n) is 10.8. The molecule has 2 heterocycles. The summed E-state index contributed by atoms with van der Waals surface area (Å²) in [5.74, 6) is -0.0569. The lowest BCUT2D eigenvalue weighted by Crippen LogP contribution is -2.48. The van der Waals surface area contributed by atoms with Crippen LogP contribution in [0.2, 0.25) is 0 Å². The third-order valence-corrected chi connectivity index (χ3v) is 7.44. The Kier molecular flexibility index (Phi) is 7.16. The smallest absolute Gasteiger partial charge is 0.337 e. The predicted molar refractivity (Wildman–Crippen MR) is 133 cm³/mol. The number of hydrogen-bond donors (Lipinski definition) is 2. The molecule has 1 aliphatic heterocycles. The lowest BCUT2D eigenvalue weighted by Gasteiger charge is -2.42. The second-order valence-electron chi connectivity index (χ2n) is 8.04. The van der Waals surface area contributed by atoms with Crippen molar-refractivity contribution in [1.82, 2.24) is 9.88 Å². The van der Waals surface area contributed by atoms with Crippen LogP contribution in [0.3, 0.4) is 0 Å². The molecule has 1 fully saturated rings. The van der Waals surface area contributed by atoms with Gasteiger partial charge in [0, 0.05) is 31.2 Å². The largest absolute Gasteiger partial charge is 0.465 e. The van der Waals surface area contributed by atoms with Crippen molar-refractivity contribution < 1.29 is 23.4 Å². The molecule has 2 amide bonds. The second-order valence-corrected chi connectivity index (χ2v) is 10.5. The highest BCUT2D eigenvalue weighted by Gasteiger charge is 2.29. The molecule has 0 saturated carbocycles. The SMILES string of the molecule is COC(=O)c1ccc(CN(C(=O)N2CCS(O)(O)CC2)c2ccc(-c3cccnc3)cc2)cc1. The Balaban J connectivity index is 1.60. The number of carbonyl (C=O) groups excluding carboxylic acids is 2. The number of carbonyl (C=O) groups is 2. The zero-order valence-corrected chi connectivity index (χ0v) is 19.6. The van der Waals surface area contributed by atoms with Crippen molar-refractivity contribution in [3.63, 3.8) is 0 Å². The molecule has 0 bridgehead atoms. The van der Waals surface area contributed by atoms with Crippen LogP contribution in [0.5, 0.6) is 0 Å². The van der Waals surface area contributed by atoms with Crippen molar-refractivity contribution in [2.45, 2.75) is 6.54 Å². The number of nitrogens with zero attached hydrogens (tertiary/aromatic N) is 3. The molecule has 0 aliphatic carbocycles. The van der Waals surface area contributed by atoms with Crippen molar-refractivity contribution in [1.29, 1.82) is 0 Å². The van der Waals surface area contributed by atoms with E-state index in [0.717, 1.165) is 16.7 Å². The lowest BCUT2D eigenvalue weighted by atomic mass is 10.1. The number of methoxy groups -OCH3 is 1. The van der Waals surface area contributed by atoms with Gasteiger partial charge in [-0.2, -0.15) is 10.6 Å². The Morgan fingerprint density at radius 1 is 1.00 bits per heavy atom. The van der Waals surface area contributed by atoms with Crippen LogP contribution in [0, 0.1) is 0 Å². The summed E-state index contributed by atoms with van der Waals surface area (Å²) in [6, 6.07) is 18.2. The van der Waals surface area contributed by atoms with Crippen LogP contribution in [0.15, 0.2) is 73.1 Å². The molecule has 2 aromatic carbocycles. The van der Waals surface area contributed by atoms with Gasteiger partial charge in [0.1, 0.15) is 0 Å². The number of urea groups is 1. The van der Waals surface area contributed by atoms with Gasteiger partial charge in [-0.1, -0.05) is 30.3 Å². The molecular weight excluding hydrogens is 454 g/mol. The first-order chi connectivity index (χ1) is 16.4. The fourth-order valence-corrected chi connectivity index (χ4v) is 5.00. The van der Waals surface area contributed by atoms with Crippen LogP contribution >= 0.6 is 10.6 Å². The zero-order valence-electron chi connectivity index (χ0n) is 18.8. The van der Waals surface area contributed by atoms with E-state index in [1.807, 2.05) is 36.4 Å². The Morgan fingerprint density at radius 2 is 1.68 bits per heavy atom. The summed E-state index contributed by atoms with van der Waals surface area (Å²) in [5.41, 5.74) is 3.96. The monoisotopic (exact) mass is 481 g/mol. The van der Waals surface area contributed by atoms with E-state index in [0.29, 0.717) is 17.8 Å². The van der Waals surface area contributed by atoms with E-state index in [4.69, 9.17) is 4.74 Å². The summed E-state index contributed by atoms with van der Waals surface area (Å²) in [6.45, 7) is 0.860. The van der Waals surface area contributed by atoms with Gasteiger partial charge in [0.2, 0.25) is 0 Å². The van der Waals surface area contributed by atoms with E-state index < -0.39 is 16.6 Å². The van der Waals surface area contributed by atoms with Crippen molar-refractivity contribution in [2.75, 3.05) is 36.6 Å². The second kappa shape index (κ2) is 10.3. The molecule has 3 aromatic rings. The minimum absolute atomic E-state index is 0.181. The van der Waals surface area contributed by atoms with Gasteiger partial charge < -0.3 is 9.64 Å². The highest BCUT2D eigenvalue weighted by Crippen LogP contribution is 2.40. The third-order valence-electron chi connectivity index (χ3n) is 5.77. The molecule has 0 radical (unpaired) electrons. The van der Waals surface area contributed by atoms with Gasteiger partial charge in [0.05, 0.1) is 30.7 Å². The molecule has 1 aliphatic rings. The van der Waals surface area contributed by atoms with Crippen LogP contribution in [-0.2, 0) is 11.3 Å². The van der Waals surface area contributed by atoms with Gasteiger partial charge in [0.25, 0.3) is 0 Å². The number of esters is 1. The van der Waals surface area contributed by atoms with Gasteiger partial charge in [-0.25, -0.2) is 9.59 Å². The molecule has 34 heavy (non-hydrogen) atoms. The van der Waals surface area contributed by atoms with Crippen LogP contribution in [0.25, 0.3) is 11.1 Å². The minimum Gasteiger partial charge on any atom is -0.465 e. The number of aromatic nitrogens is 1. The van der Waals surface area contributed by atoms with Gasteiger partial charge in [-0.05, 0) is 47.0 Å². The number of anilines is 1. The standard InChI is InChI=1S/C25H27N3O5S/c1-33-24(29)21-6-4-19(5-7-21)18-28(25(30)27-13-15-34(31,32)16-14-27)23-10-8-20(9-11-23)22-3-2-12-26-17-22/h2-12,17,31-32H,13-16,18H2,1H3. The maximum absolute atomic E-state index is 13.5. The summed E-state index contributed by atoms with van der Waals surface area (Å²) >= 11 is 0. The maximum Gasteiger partial charge on any atom is 0.337 e. The maximum atomic E-state index is 13.5. The van der Waals surface area contributed by atoms with E-state index in [9.17, 15) is 18.7 Å². The van der Waals surface area contributed by atoms with Crippen molar-refractivity contribution in [3.05, 3.63) is 84.2 Å². The number of hydrogen-bond acceptors (Lipinski definition) is 6. The number of rotatable bonds is 5. The molecule has 1 aromatic heterocycles. The van der Waals surface area contributed by atoms with Gasteiger partial charge in [0.15, 0.2) is 0 Å². The van der Waals surface area contributed by atoms with Gasteiger partial charge in [-0.3, -0.25) is 19.0 Å². The molecule has 9 heteroatoms. The summed E-state index contributed by atoms with van der Waals surface area (Å²) in [6.07, 6.45) is 3.50. The summed E-state index contributed by atoms with van der Waals surface area (Å²) in [4.78, 5) is 32.7. The Hall–Kier alpha value is -3.40. The first-order valence-corrected chi connectivity index (χ1v) is 12.7. The quantitative estimate of drug-likeness (QED) is 0.511. The highest BCUT2D eigenvalue weighted by molar-refractivity contribution is 8.24. The number of ether oxygens (including phenoxy) is 1. The number of pyridine rings is 1. The third kappa shape index (κ3) is 5.56. The van der Waals surface area contributed by atoms with Crippen molar-refractivity contribution >= 4 is 28.3 Å². The van der Waals surface area contributed by atoms with E-state index >= 15 is 0 Å². The zero-order chi connectivity index (χ0) is 24.1. The Labute approximate surface area is 200 Å². The van der Waals surface area contributed by atoms with E-state index in [-0.39, 0.29) is 30.6 Å². The van der Waals surface area contributed by atoms with Crippen LogP contribution < -0.4 is 4.90 Å². The van der Waals surface area contributed by atoms with E-state index in [1.165, 1.54) is 7.11 Å². The summed E-state index contributed by atoms with van der Waals surface area (Å²) in [7, 11) is -1.28. The van der Waals surface area contributed by atoms with Gasteiger partial charge in [-0.15, -0.1) is 0 Å². The topological polar surface area (TPSA) is 103 Å². The molecule has 8 nitrogen and oxygen atoms in total. The fraction of sp³-hybridized carbons (Fsp3) is 0.240. The van der Waals surface area contributed by atoms with E-state index in [1.54, 1.807) is 46.5 Å². The molecular formula is C25H27N3O5S. The average Bonchev–Trinajstić information content (AvgIpc) is 2.87. The van der Waals surface area contributed by atoms with Crippen LogP contribution in [0.1, 0.15) is 15.9 Å². The van der Waals surface area contributed by atoms with Crippen LogP contribution in [0.4, 0.5) is 10.5 Å². The molecule has 0 atom stereocenters. The minimum atomic E-state index is -2.61. The first kappa shape index (κ1) is 23.7. The summed E-state index contributed by atoms with van der Waals surface area (Å²) in [5, 5.41) is 0. The number of benzene rings is 2. The van der Waals surface area contributed by atoms with E-state index in [2.05, 4.69) is 4.98 Å². The highest BCUT2D eigenvalue weighted by atomic mass is 32.3. The Bertz CT molecular complexity index is 1130. The predicted octanol–water partition coefficient (Wildman–Crippen LogP) is 4.73. The molecule has 2 N–H and O–H groups in total. The molecule has 1 saturated heterocycles. The molecule has 0 spiro atoms. The van der Waals surface area contributed by atoms with Crippen LogP contribution in [-0.4, -0.2) is 62.7 Å². The Morgan fingerprint density at radius 3 is 2.26 bits per heavy atom. The van der Waals surface area contributed by atoms with Crippen molar-refractivity contribution in [2.24, 2.45) is 0 Å². The van der Waals surface area contributed by atoms with Crippen molar-refractivity contribution in [3.8, 4) is 11.1 Å². The number of amides is 2. The molecule has 178 valence electrons. The molecule has 4 rings (SSSR count). The average molecular weight is 482 g/mol. The fourth-order valence-electron chi connectivity index (χ4n) is 3.77. The molecule has 0 unspecified atom stereocenters. The van der Waals surface area contributed by atoms with Gasteiger partial charge >= 0.3 is 12.0 Å². The lowest BCUT2D eigenvalue weighted by molar-refractivity contribution is 0.0600.